The Labute approximate surface area is 181 Å². The van der Waals surface area contributed by atoms with Gasteiger partial charge in [0.05, 0.1) is 17.4 Å². The lowest BCUT2D eigenvalue weighted by molar-refractivity contribution is -0.275. The van der Waals surface area contributed by atoms with Crippen LogP contribution in [-0.2, 0) is 5.60 Å². The molecule has 0 saturated heterocycles. The Morgan fingerprint density at radius 3 is 2.21 bits per heavy atom. The number of halogens is 7. The molecule has 0 aliphatic rings. The number of hydrogen-bond acceptors (Lipinski definition) is 3. The number of aromatic nitrogens is 2. The summed E-state index contributed by atoms with van der Waals surface area (Å²) in [5.74, 6) is -6.66. The van der Waals surface area contributed by atoms with Crippen LogP contribution in [0, 0.1) is 23.3 Å². The van der Waals surface area contributed by atoms with Crippen LogP contribution < -0.4 is 4.74 Å². The van der Waals surface area contributed by atoms with Gasteiger partial charge in [-0.3, -0.25) is 0 Å². The number of aliphatic hydroxyl groups is 1. The molecule has 4 rings (SSSR count). The van der Waals surface area contributed by atoms with Gasteiger partial charge in [-0.25, -0.2) is 17.9 Å². The van der Waals surface area contributed by atoms with Gasteiger partial charge >= 0.3 is 6.18 Å². The highest BCUT2D eigenvalue weighted by atomic mass is 19.4. The zero-order valence-corrected chi connectivity index (χ0v) is 16.4. The predicted molar refractivity (Wildman–Crippen MR) is 103 cm³/mol. The van der Waals surface area contributed by atoms with Crippen molar-refractivity contribution < 1.29 is 40.6 Å². The first-order chi connectivity index (χ1) is 15.5. The predicted octanol–water partition coefficient (Wildman–Crippen LogP) is 5.41. The van der Waals surface area contributed by atoms with Gasteiger partial charge in [-0.1, -0.05) is 6.07 Å². The number of benzene rings is 3. The van der Waals surface area contributed by atoms with Gasteiger partial charge in [0.2, 0.25) is 11.4 Å². The standard InChI is InChI=1S/C22H13F7N2O2/c23-14-2-4-15(5-3-14)31-18-8-1-13(9-12(18)10-30-31)21(32,22(27,28)29)11-33-20-17(25)7-6-16(24)19(20)26/h1-10,32H,11H2. The number of nitrogens with zero attached hydrogens (tertiary/aromatic N) is 2. The van der Waals surface area contributed by atoms with Gasteiger partial charge < -0.3 is 9.84 Å². The van der Waals surface area contributed by atoms with E-state index in [0.29, 0.717) is 23.3 Å². The van der Waals surface area contributed by atoms with Crippen molar-refractivity contribution in [2.24, 2.45) is 0 Å². The van der Waals surface area contributed by atoms with Crippen LogP contribution in [0.25, 0.3) is 16.6 Å². The molecule has 3 aromatic carbocycles. The Morgan fingerprint density at radius 2 is 1.55 bits per heavy atom. The highest BCUT2D eigenvalue weighted by Gasteiger charge is 2.56. The molecule has 11 heteroatoms. The summed E-state index contributed by atoms with van der Waals surface area (Å²) < 4.78 is 101. The average molecular weight is 470 g/mol. The van der Waals surface area contributed by atoms with E-state index in [1.54, 1.807) is 0 Å². The molecule has 0 aliphatic heterocycles. The van der Waals surface area contributed by atoms with Crippen LogP contribution in [0.3, 0.4) is 0 Å². The minimum absolute atomic E-state index is 0.183. The van der Waals surface area contributed by atoms with E-state index in [-0.39, 0.29) is 5.39 Å². The molecule has 1 N–H and O–H groups in total. The zero-order chi connectivity index (χ0) is 24.0. The molecule has 0 saturated carbocycles. The van der Waals surface area contributed by atoms with Gasteiger partial charge in [0.1, 0.15) is 12.4 Å². The smallest absolute Gasteiger partial charge is 0.424 e. The summed E-state index contributed by atoms with van der Waals surface area (Å²) in [5.41, 5.74) is -3.60. The van der Waals surface area contributed by atoms with Crippen molar-refractivity contribution in [2.75, 3.05) is 6.61 Å². The van der Waals surface area contributed by atoms with Crippen LogP contribution in [-0.4, -0.2) is 27.7 Å². The second-order valence-corrected chi connectivity index (χ2v) is 7.13. The molecule has 0 bridgehead atoms. The topological polar surface area (TPSA) is 47.3 Å². The highest BCUT2D eigenvalue weighted by molar-refractivity contribution is 5.81. The SMILES string of the molecule is OC(COc1c(F)ccc(F)c1F)(c1ccc2c(cnn2-c2ccc(F)cc2)c1)C(F)(F)F. The number of fused-ring (bicyclic) bond motifs is 1. The molecule has 0 fully saturated rings. The van der Waals surface area contributed by atoms with Gasteiger partial charge in [-0.15, -0.1) is 0 Å². The van der Waals surface area contributed by atoms with Gasteiger partial charge in [0.15, 0.2) is 17.4 Å². The second-order valence-electron chi connectivity index (χ2n) is 7.13. The van der Waals surface area contributed by atoms with Crippen LogP contribution in [0.15, 0.2) is 60.8 Å². The van der Waals surface area contributed by atoms with Gasteiger partial charge in [-0.2, -0.15) is 22.7 Å². The Balaban J connectivity index is 1.72. The third kappa shape index (κ3) is 3.99. The van der Waals surface area contributed by atoms with E-state index in [9.17, 15) is 35.8 Å². The fraction of sp³-hybridized carbons (Fsp3) is 0.136. The van der Waals surface area contributed by atoms with Crippen molar-refractivity contribution in [3.63, 3.8) is 0 Å². The average Bonchev–Trinajstić information content (AvgIpc) is 3.19. The second kappa shape index (κ2) is 8.07. The minimum atomic E-state index is -5.33. The Bertz CT molecular complexity index is 1320. The summed E-state index contributed by atoms with van der Waals surface area (Å²) in [4.78, 5) is 0. The summed E-state index contributed by atoms with van der Waals surface area (Å²) in [6.07, 6.45) is -4.10. The first-order valence-electron chi connectivity index (χ1n) is 9.31. The molecular formula is C22H13F7N2O2. The quantitative estimate of drug-likeness (QED) is 0.314. The van der Waals surface area contributed by atoms with Crippen molar-refractivity contribution in [2.45, 2.75) is 11.8 Å². The van der Waals surface area contributed by atoms with Crippen LogP contribution in [0.1, 0.15) is 5.56 Å². The van der Waals surface area contributed by atoms with Gasteiger partial charge in [-0.05, 0) is 54.1 Å². The van der Waals surface area contributed by atoms with Crippen molar-refractivity contribution in [1.82, 2.24) is 9.78 Å². The molecule has 33 heavy (non-hydrogen) atoms. The van der Waals surface area contributed by atoms with E-state index in [2.05, 4.69) is 9.84 Å². The lowest BCUT2D eigenvalue weighted by atomic mass is 9.93. The summed E-state index contributed by atoms with van der Waals surface area (Å²) >= 11 is 0. The van der Waals surface area contributed by atoms with E-state index < -0.39 is 53.0 Å². The monoisotopic (exact) mass is 470 g/mol. The molecule has 0 radical (unpaired) electrons. The van der Waals surface area contributed by atoms with E-state index in [1.807, 2.05) is 0 Å². The van der Waals surface area contributed by atoms with Crippen molar-refractivity contribution >= 4 is 10.9 Å². The largest absolute Gasteiger partial charge is 0.484 e. The molecule has 172 valence electrons. The number of ether oxygens (including phenoxy) is 1. The molecule has 4 nitrogen and oxygen atoms in total. The fourth-order valence-corrected chi connectivity index (χ4v) is 3.22. The van der Waals surface area contributed by atoms with Crippen molar-refractivity contribution in [3.8, 4) is 11.4 Å². The molecule has 4 aromatic rings. The van der Waals surface area contributed by atoms with E-state index in [1.165, 1.54) is 41.2 Å². The number of rotatable bonds is 5. The van der Waals surface area contributed by atoms with Crippen LogP contribution >= 0.6 is 0 Å². The van der Waals surface area contributed by atoms with Crippen LogP contribution in [0.4, 0.5) is 30.7 Å². The number of alkyl halides is 3. The Kier molecular flexibility index (Phi) is 5.52. The summed E-state index contributed by atoms with van der Waals surface area (Å²) in [7, 11) is 0. The highest BCUT2D eigenvalue weighted by Crippen LogP contribution is 2.41. The fourth-order valence-electron chi connectivity index (χ4n) is 3.22. The maximum Gasteiger partial charge on any atom is 0.424 e. The first kappa shape index (κ1) is 22.6. The molecule has 1 heterocycles. The first-order valence-corrected chi connectivity index (χ1v) is 9.31. The Morgan fingerprint density at radius 1 is 0.879 bits per heavy atom. The van der Waals surface area contributed by atoms with Gasteiger partial charge in [0, 0.05) is 5.39 Å². The van der Waals surface area contributed by atoms with E-state index in [4.69, 9.17) is 0 Å². The molecule has 0 amide bonds. The van der Waals surface area contributed by atoms with E-state index in [0.717, 1.165) is 12.1 Å². The maximum absolute atomic E-state index is 13.8. The Hall–Kier alpha value is -3.60. The summed E-state index contributed by atoms with van der Waals surface area (Å²) in [6, 6.07) is 9.28. The lowest BCUT2D eigenvalue weighted by Gasteiger charge is -2.31. The van der Waals surface area contributed by atoms with Crippen molar-refractivity contribution in [3.05, 3.63) is 89.6 Å². The maximum atomic E-state index is 13.8. The summed E-state index contributed by atoms with van der Waals surface area (Å²) in [5, 5.41) is 14.7. The molecule has 1 unspecified atom stereocenters. The molecule has 1 atom stereocenters. The van der Waals surface area contributed by atoms with Crippen LogP contribution in [0.5, 0.6) is 5.75 Å². The normalized spacial score (nSPS) is 13.8. The summed E-state index contributed by atoms with van der Waals surface area (Å²) in [6.45, 7) is -1.65. The minimum Gasteiger partial charge on any atom is -0.484 e. The van der Waals surface area contributed by atoms with Crippen LogP contribution in [0.2, 0.25) is 0 Å². The molecular weight excluding hydrogens is 457 g/mol. The van der Waals surface area contributed by atoms with E-state index >= 15 is 0 Å². The molecule has 0 spiro atoms. The van der Waals surface area contributed by atoms with Crippen molar-refractivity contribution in [1.29, 1.82) is 0 Å². The zero-order valence-electron chi connectivity index (χ0n) is 16.4. The third-order valence-electron chi connectivity index (χ3n) is 5.01. The molecule has 0 aliphatic carbocycles. The molecule has 1 aromatic heterocycles. The third-order valence-corrected chi connectivity index (χ3v) is 5.01. The lowest BCUT2D eigenvalue weighted by Crippen LogP contribution is -2.47. The number of hydrogen-bond donors (Lipinski definition) is 1. The van der Waals surface area contributed by atoms with Gasteiger partial charge in [0.25, 0.3) is 0 Å².